The standard InChI is InChI=1S/C28H33N7O3/c1-17(19-4-5-19)38-28(36)32-21-8-6-20(7-9-21)27-24(15-29)23-11-10-22(37-13-12-26(30)33-34-31)14-25(23)35(27)16-18-2-3-18/h6-11,14,17-19,34H,2-5,12-13,16,31H2,1H3,(H2,30,33)(H,32,36). The zero-order valence-electron chi connectivity index (χ0n) is 21.4. The van der Waals surface area contributed by atoms with Gasteiger partial charge in [-0.15, -0.1) is 0 Å². The first-order chi connectivity index (χ1) is 18.5. The minimum atomic E-state index is -0.447. The number of anilines is 1. The Morgan fingerprint density at radius 1 is 1.21 bits per heavy atom. The Balaban J connectivity index is 1.40. The van der Waals surface area contributed by atoms with Crippen molar-refractivity contribution in [2.24, 2.45) is 28.5 Å². The van der Waals surface area contributed by atoms with Crippen molar-refractivity contribution in [1.82, 2.24) is 10.1 Å². The van der Waals surface area contributed by atoms with Gasteiger partial charge in [-0.25, -0.2) is 16.2 Å². The fourth-order valence-corrected chi connectivity index (χ4v) is 4.68. The number of amides is 1. The molecule has 0 spiro atoms. The molecule has 38 heavy (non-hydrogen) atoms. The Kier molecular flexibility index (Phi) is 7.38. The number of fused-ring (bicyclic) bond motifs is 1. The van der Waals surface area contributed by atoms with Gasteiger partial charge in [-0.1, -0.05) is 12.1 Å². The molecular formula is C28H33N7O3. The lowest BCUT2D eigenvalue weighted by Gasteiger charge is -2.14. The van der Waals surface area contributed by atoms with Crippen LogP contribution in [0.3, 0.4) is 0 Å². The van der Waals surface area contributed by atoms with E-state index in [9.17, 15) is 10.1 Å². The van der Waals surface area contributed by atoms with Crippen LogP contribution in [-0.2, 0) is 11.3 Å². The van der Waals surface area contributed by atoms with E-state index in [1.54, 1.807) is 0 Å². The zero-order valence-corrected chi connectivity index (χ0v) is 21.4. The molecule has 0 aliphatic heterocycles. The van der Waals surface area contributed by atoms with E-state index in [1.807, 2.05) is 49.4 Å². The summed E-state index contributed by atoms with van der Waals surface area (Å²) < 4.78 is 13.6. The maximum atomic E-state index is 12.3. The number of carbonyl (C=O) groups is 1. The predicted molar refractivity (Wildman–Crippen MR) is 146 cm³/mol. The third-order valence-corrected chi connectivity index (χ3v) is 7.10. The van der Waals surface area contributed by atoms with E-state index in [1.165, 1.54) is 12.8 Å². The van der Waals surface area contributed by atoms with E-state index >= 15 is 0 Å². The zero-order chi connectivity index (χ0) is 26.6. The van der Waals surface area contributed by atoms with Crippen LogP contribution in [0.25, 0.3) is 22.2 Å². The highest BCUT2D eigenvalue weighted by Crippen LogP contribution is 2.40. The van der Waals surface area contributed by atoms with Crippen molar-refractivity contribution in [3.63, 3.8) is 0 Å². The Hall–Kier alpha value is -4.23. The predicted octanol–water partition coefficient (Wildman–Crippen LogP) is 4.44. The second-order valence-corrected chi connectivity index (χ2v) is 10.0. The summed E-state index contributed by atoms with van der Waals surface area (Å²) in [6.45, 7) is 3.10. The molecule has 10 heteroatoms. The first kappa shape index (κ1) is 25.4. The van der Waals surface area contributed by atoms with Crippen LogP contribution in [0, 0.1) is 23.2 Å². The normalized spacial score (nSPS) is 16.1. The molecule has 5 rings (SSSR count). The van der Waals surface area contributed by atoms with E-state index in [4.69, 9.17) is 21.1 Å². The van der Waals surface area contributed by atoms with E-state index in [-0.39, 0.29) is 6.10 Å². The molecule has 1 amide bonds. The van der Waals surface area contributed by atoms with Crippen LogP contribution in [-0.4, -0.2) is 29.2 Å². The molecule has 0 bridgehead atoms. The van der Waals surface area contributed by atoms with Crippen molar-refractivity contribution in [3.8, 4) is 23.1 Å². The van der Waals surface area contributed by atoms with Crippen LogP contribution >= 0.6 is 0 Å². The molecule has 2 aliphatic carbocycles. The van der Waals surface area contributed by atoms with Crippen LogP contribution < -0.4 is 27.2 Å². The van der Waals surface area contributed by atoms with Gasteiger partial charge in [-0.05, 0) is 74.3 Å². The first-order valence-electron chi connectivity index (χ1n) is 13.0. The molecule has 1 aromatic heterocycles. The molecule has 2 saturated carbocycles. The van der Waals surface area contributed by atoms with Gasteiger partial charge in [0.2, 0.25) is 0 Å². The van der Waals surface area contributed by atoms with E-state index in [0.29, 0.717) is 47.7 Å². The Morgan fingerprint density at radius 2 is 1.97 bits per heavy atom. The second-order valence-electron chi connectivity index (χ2n) is 10.0. The quantitative estimate of drug-likeness (QED) is 0.127. The Bertz CT molecular complexity index is 1380. The largest absolute Gasteiger partial charge is 0.493 e. The highest BCUT2D eigenvalue weighted by molar-refractivity contribution is 5.95. The van der Waals surface area contributed by atoms with Crippen molar-refractivity contribution >= 4 is 28.5 Å². The number of hydrazone groups is 1. The minimum Gasteiger partial charge on any atom is -0.493 e. The SMILES string of the molecule is CC(OC(=O)Nc1ccc(-c2c(C#N)c3ccc(OCC/C(N)=N/NN)cc3n2CC2CC2)cc1)C1CC1. The van der Waals surface area contributed by atoms with Gasteiger partial charge >= 0.3 is 6.09 Å². The molecule has 1 atom stereocenters. The Morgan fingerprint density at radius 3 is 2.63 bits per heavy atom. The Labute approximate surface area is 221 Å². The number of hydrogen-bond donors (Lipinski definition) is 4. The van der Waals surface area contributed by atoms with Gasteiger partial charge in [0, 0.05) is 30.1 Å². The monoisotopic (exact) mass is 515 g/mol. The number of nitrogens with two attached hydrogens (primary N) is 2. The first-order valence-corrected chi connectivity index (χ1v) is 13.0. The highest BCUT2D eigenvalue weighted by Gasteiger charge is 2.31. The number of nitrogens with zero attached hydrogens (tertiary/aromatic N) is 3. The van der Waals surface area contributed by atoms with Crippen molar-refractivity contribution in [3.05, 3.63) is 48.0 Å². The third-order valence-electron chi connectivity index (χ3n) is 7.10. The van der Waals surface area contributed by atoms with Gasteiger partial charge in [0.1, 0.15) is 23.8 Å². The van der Waals surface area contributed by atoms with Crippen molar-refractivity contribution in [1.29, 1.82) is 5.26 Å². The van der Waals surface area contributed by atoms with Gasteiger partial charge < -0.3 is 19.8 Å². The number of nitriles is 1. The summed E-state index contributed by atoms with van der Waals surface area (Å²) in [6, 6.07) is 15.8. The van der Waals surface area contributed by atoms with E-state index in [2.05, 4.69) is 26.6 Å². The average Bonchev–Trinajstić information content (AvgIpc) is 3.82. The summed E-state index contributed by atoms with van der Waals surface area (Å²) in [5, 5.41) is 17.6. The van der Waals surface area contributed by atoms with Crippen LogP contribution in [0.15, 0.2) is 47.6 Å². The maximum absolute atomic E-state index is 12.3. The summed E-state index contributed by atoms with van der Waals surface area (Å²) in [4.78, 5) is 12.3. The van der Waals surface area contributed by atoms with Crippen LogP contribution in [0.4, 0.5) is 10.5 Å². The fraction of sp³-hybridized carbons (Fsp3) is 0.393. The number of nitrogens with one attached hydrogen (secondary N) is 2. The average molecular weight is 516 g/mol. The third kappa shape index (κ3) is 5.84. The number of benzene rings is 2. The van der Waals surface area contributed by atoms with Crippen LogP contribution in [0.2, 0.25) is 0 Å². The maximum Gasteiger partial charge on any atom is 0.411 e. The second kappa shape index (κ2) is 11.0. The van der Waals surface area contributed by atoms with Gasteiger partial charge in [0.25, 0.3) is 0 Å². The summed E-state index contributed by atoms with van der Waals surface area (Å²) >= 11 is 0. The molecule has 0 saturated heterocycles. The number of hydrogen-bond acceptors (Lipinski definition) is 7. The molecule has 10 nitrogen and oxygen atoms in total. The number of rotatable bonds is 11. The van der Waals surface area contributed by atoms with Crippen molar-refractivity contribution < 1.29 is 14.3 Å². The lowest BCUT2D eigenvalue weighted by Crippen LogP contribution is -2.23. The van der Waals surface area contributed by atoms with E-state index in [0.717, 1.165) is 41.5 Å². The molecule has 1 heterocycles. The topological polar surface area (TPSA) is 153 Å². The summed E-state index contributed by atoms with van der Waals surface area (Å²) in [5.74, 6) is 7.27. The highest BCUT2D eigenvalue weighted by atomic mass is 16.6. The van der Waals surface area contributed by atoms with Crippen LogP contribution in [0.5, 0.6) is 5.75 Å². The smallest absolute Gasteiger partial charge is 0.411 e. The minimum absolute atomic E-state index is 0.0760. The van der Waals surface area contributed by atoms with Gasteiger partial charge in [0.05, 0.1) is 23.4 Å². The van der Waals surface area contributed by atoms with Crippen LogP contribution in [0.1, 0.15) is 44.6 Å². The number of ether oxygens (including phenoxy) is 2. The molecule has 3 aromatic rings. The van der Waals surface area contributed by atoms with Gasteiger partial charge in [-0.3, -0.25) is 5.32 Å². The molecule has 2 fully saturated rings. The molecular weight excluding hydrogens is 482 g/mol. The number of amidine groups is 1. The molecule has 2 aromatic carbocycles. The van der Waals surface area contributed by atoms with E-state index < -0.39 is 6.09 Å². The number of carbonyl (C=O) groups excluding carboxylic acids is 1. The molecule has 6 N–H and O–H groups in total. The molecule has 2 aliphatic rings. The lowest BCUT2D eigenvalue weighted by molar-refractivity contribution is 0.108. The summed E-state index contributed by atoms with van der Waals surface area (Å²) in [6.07, 6.45) is 4.48. The lowest BCUT2D eigenvalue weighted by atomic mass is 10.1. The summed E-state index contributed by atoms with van der Waals surface area (Å²) in [5.41, 5.74) is 11.9. The van der Waals surface area contributed by atoms with Gasteiger partial charge in [0.15, 0.2) is 0 Å². The van der Waals surface area contributed by atoms with Crippen molar-refractivity contribution in [2.75, 3.05) is 11.9 Å². The fourth-order valence-electron chi connectivity index (χ4n) is 4.68. The van der Waals surface area contributed by atoms with Crippen molar-refractivity contribution in [2.45, 2.75) is 51.7 Å². The molecule has 0 radical (unpaired) electrons. The summed E-state index contributed by atoms with van der Waals surface area (Å²) in [7, 11) is 0. The van der Waals surface area contributed by atoms with Gasteiger partial charge in [-0.2, -0.15) is 10.4 Å². The number of aromatic nitrogens is 1. The number of hydrazine groups is 1. The molecule has 1 unspecified atom stereocenters. The molecule has 198 valence electrons.